The van der Waals surface area contributed by atoms with E-state index in [1.165, 1.54) is 116 Å². The number of hydrogen-bond donors (Lipinski definition) is 0. The Labute approximate surface area is 195 Å². The van der Waals surface area contributed by atoms with Gasteiger partial charge in [-0.3, -0.25) is 0 Å². The van der Waals surface area contributed by atoms with Gasteiger partial charge in [0.05, 0.1) is 0 Å². The van der Waals surface area contributed by atoms with Gasteiger partial charge < -0.3 is 0 Å². The van der Waals surface area contributed by atoms with Crippen LogP contribution in [0.2, 0.25) is 0 Å². The Balaban J connectivity index is 1.97. The van der Waals surface area contributed by atoms with E-state index in [9.17, 15) is 0 Å². The molecule has 0 aliphatic heterocycles. The van der Waals surface area contributed by atoms with Crippen LogP contribution in [0, 0.1) is 0 Å². The molecule has 0 atom stereocenters. The second kappa shape index (κ2) is 12.7. The standard InChI is InChI=1S/C26H55N4P/c1-27(2)31(28(3)24-18-12-6-7-13-19-24,29(4)25-20-14-8-9-15-21-25)30(5)26-22-16-10-11-17-23-26/h24-26,31H,6-23H2,1-5H3. The summed E-state index contributed by atoms with van der Waals surface area (Å²) in [5, 5.41) is 0. The molecular formula is C26H55N4P. The first-order valence-corrected chi connectivity index (χ1v) is 15.6. The minimum absolute atomic E-state index is 0.748. The van der Waals surface area contributed by atoms with Gasteiger partial charge >= 0.3 is 195 Å². The Bertz CT molecular complexity index is 425. The molecule has 0 unspecified atom stereocenters. The maximum absolute atomic E-state index is 2.97. The van der Waals surface area contributed by atoms with Crippen LogP contribution in [0.4, 0.5) is 0 Å². The fraction of sp³-hybridized carbons (Fsp3) is 1.00. The van der Waals surface area contributed by atoms with Crippen molar-refractivity contribution in [1.82, 2.24) is 18.7 Å². The van der Waals surface area contributed by atoms with Gasteiger partial charge in [0.25, 0.3) is 0 Å². The second-order valence-electron chi connectivity index (χ2n) is 11.3. The second-order valence-corrected chi connectivity index (χ2v) is 15.5. The van der Waals surface area contributed by atoms with Gasteiger partial charge in [0.15, 0.2) is 0 Å². The van der Waals surface area contributed by atoms with E-state index in [4.69, 9.17) is 0 Å². The number of nitrogens with zero attached hydrogens (tertiary/aromatic N) is 4. The van der Waals surface area contributed by atoms with E-state index < -0.39 is 7.87 Å². The van der Waals surface area contributed by atoms with Gasteiger partial charge in [0.1, 0.15) is 0 Å². The summed E-state index contributed by atoms with van der Waals surface area (Å²) in [7, 11) is 10.2. The number of hydrogen-bond acceptors (Lipinski definition) is 4. The zero-order valence-electron chi connectivity index (χ0n) is 21.7. The summed E-state index contributed by atoms with van der Waals surface area (Å²) in [6.07, 6.45) is 25.6. The first-order chi connectivity index (χ1) is 15.0. The fourth-order valence-electron chi connectivity index (χ4n) is 7.36. The van der Waals surface area contributed by atoms with Crippen LogP contribution >= 0.6 is 7.87 Å². The van der Waals surface area contributed by atoms with E-state index >= 15 is 0 Å². The summed E-state index contributed by atoms with van der Waals surface area (Å²) < 4.78 is 11.6. The molecule has 0 amide bonds. The maximum atomic E-state index is 2.97. The topological polar surface area (TPSA) is 13.0 Å². The Morgan fingerprint density at radius 2 is 0.613 bits per heavy atom. The van der Waals surface area contributed by atoms with E-state index in [0.29, 0.717) is 0 Å². The third kappa shape index (κ3) is 6.04. The molecule has 0 spiro atoms. The van der Waals surface area contributed by atoms with Crippen LogP contribution in [0.15, 0.2) is 0 Å². The van der Waals surface area contributed by atoms with E-state index in [0.717, 1.165) is 18.1 Å². The molecule has 0 aromatic rings. The van der Waals surface area contributed by atoms with Crippen molar-refractivity contribution in [2.45, 2.75) is 134 Å². The molecular weight excluding hydrogens is 399 g/mol. The van der Waals surface area contributed by atoms with Crippen LogP contribution in [-0.2, 0) is 0 Å². The van der Waals surface area contributed by atoms with Gasteiger partial charge in [0.2, 0.25) is 0 Å². The van der Waals surface area contributed by atoms with Gasteiger partial charge in [-0.05, 0) is 0 Å². The third-order valence-corrected chi connectivity index (χ3v) is 14.3. The Morgan fingerprint density at radius 3 is 0.806 bits per heavy atom. The van der Waals surface area contributed by atoms with Crippen LogP contribution < -0.4 is 0 Å². The van der Waals surface area contributed by atoms with Crippen molar-refractivity contribution in [3.8, 4) is 0 Å². The van der Waals surface area contributed by atoms with Crippen molar-refractivity contribution in [1.29, 1.82) is 0 Å². The Morgan fingerprint density at radius 1 is 0.387 bits per heavy atom. The normalized spacial score (nSPS) is 25.2. The van der Waals surface area contributed by atoms with Crippen LogP contribution in [-0.4, -0.2) is 72.0 Å². The fourth-order valence-corrected chi connectivity index (χ4v) is 13.0. The van der Waals surface area contributed by atoms with E-state index in [2.05, 4.69) is 53.9 Å². The van der Waals surface area contributed by atoms with Crippen LogP contribution in [0.1, 0.15) is 116 Å². The number of rotatable bonds is 7. The van der Waals surface area contributed by atoms with Gasteiger partial charge in [-0.2, -0.15) is 0 Å². The zero-order valence-corrected chi connectivity index (χ0v) is 22.7. The average molecular weight is 455 g/mol. The third-order valence-electron chi connectivity index (χ3n) is 9.14. The van der Waals surface area contributed by atoms with Crippen molar-refractivity contribution < 1.29 is 0 Å². The van der Waals surface area contributed by atoms with Gasteiger partial charge in [-0.25, -0.2) is 0 Å². The van der Waals surface area contributed by atoms with E-state index in [1.807, 2.05) is 0 Å². The monoisotopic (exact) mass is 454 g/mol. The summed E-state index contributed by atoms with van der Waals surface area (Å²) in [6.45, 7) is 0. The first-order valence-electron chi connectivity index (χ1n) is 13.9. The predicted octanol–water partition coefficient (Wildman–Crippen LogP) is 6.92. The quantitative estimate of drug-likeness (QED) is 0.306. The summed E-state index contributed by atoms with van der Waals surface area (Å²) in [4.78, 5) is 0. The molecule has 3 aliphatic rings. The van der Waals surface area contributed by atoms with Crippen molar-refractivity contribution in [3.63, 3.8) is 0 Å². The summed E-state index contributed by atoms with van der Waals surface area (Å²) >= 11 is 0. The zero-order chi connectivity index (χ0) is 22.3. The molecule has 3 rings (SSSR count). The molecule has 184 valence electrons. The Hall–Kier alpha value is 0.270. The Kier molecular flexibility index (Phi) is 10.6. The van der Waals surface area contributed by atoms with Crippen molar-refractivity contribution in [3.05, 3.63) is 0 Å². The van der Waals surface area contributed by atoms with Crippen LogP contribution in [0.5, 0.6) is 0 Å². The molecule has 3 saturated carbocycles. The molecule has 4 nitrogen and oxygen atoms in total. The predicted molar refractivity (Wildman–Crippen MR) is 140 cm³/mol. The summed E-state index contributed by atoms with van der Waals surface area (Å²) in [5.41, 5.74) is 0. The average Bonchev–Trinajstić information content (AvgIpc) is 3.29. The van der Waals surface area contributed by atoms with Crippen LogP contribution in [0.3, 0.4) is 0 Å². The van der Waals surface area contributed by atoms with Crippen molar-refractivity contribution in [2.24, 2.45) is 0 Å². The molecule has 0 saturated heterocycles. The van der Waals surface area contributed by atoms with E-state index in [1.54, 1.807) is 0 Å². The summed E-state index contributed by atoms with van der Waals surface area (Å²) in [5.74, 6) is 0. The van der Waals surface area contributed by atoms with Gasteiger partial charge in [-0.15, -0.1) is 0 Å². The minimum atomic E-state index is -2.18. The molecule has 0 radical (unpaired) electrons. The SMILES string of the molecule is CN(C)[PH](N(C)C1CCCCCC1)(N(C)C1CCCCCC1)N(C)C1CCCCCC1. The van der Waals surface area contributed by atoms with Crippen LogP contribution in [0.25, 0.3) is 0 Å². The van der Waals surface area contributed by atoms with E-state index in [-0.39, 0.29) is 0 Å². The molecule has 31 heavy (non-hydrogen) atoms. The van der Waals surface area contributed by atoms with Gasteiger partial charge in [-0.1, -0.05) is 0 Å². The summed E-state index contributed by atoms with van der Waals surface area (Å²) in [6, 6.07) is 2.24. The molecule has 0 heterocycles. The molecule has 0 bridgehead atoms. The van der Waals surface area contributed by atoms with Crippen molar-refractivity contribution in [2.75, 3.05) is 35.2 Å². The molecule has 0 N–H and O–H groups in total. The first kappa shape index (κ1) is 25.9. The molecule has 5 heteroatoms. The van der Waals surface area contributed by atoms with Gasteiger partial charge in [0, 0.05) is 0 Å². The molecule has 3 fully saturated rings. The van der Waals surface area contributed by atoms with Crippen molar-refractivity contribution >= 4 is 7.87 Å². The molecule has 3 aliphatic carbocycles. The molecule has 0 aromatic carbocycles. The molecule has 0 aromatic heterocycles.